The van der Waals surface area contributed by atoms with Crippen molar-refractivity contribution >= 4 is 5.91 Å². The van der Waals surface area contributed by atoms with Crippen molar-refractivity contribution in [3.05, 3.63) is 59.7 Å². The van der Waals surface area contributed by atoms with Crippen molar-refractivity contribution in [2.75, 3.05) is 7.11 Å². The fourth-order valence-electron chi connectivity index (χ4n) is 2.15. The van der Waals surface area contributed by atoms with E-state index in [9.17, 15) is 4.79 Å². The number of ether oxygens (including phenoxy) is 2. The lowest BCUT2D eigenvalue weighted by Gasteiger charge is -2.17. The van der Waals surface area contributed by atoms with Crippen LogP contribution in [0.2, 0.25) is 0 Å². The Morgan fingerprint density at radius 2 is 1.65 bits per heavy atom. The fourth-order valence-corrected chi connectivity index (χ4v) is 2.15. The number of carbonyl (C=O) groups is 1. The molecule has 1 amide bonds. The van der Waals surface area contributed by atoms with Crippen molar-refractivity contribution in [3.63, 3.8) is 0 Å². The smallest absolute Gasteiger partial charge is 0.261 e. The molecule has 0 radical (unpaired) electrons. The summed E-state index contributed by atoms with van der Waals surface area (Å²) in [7, 11) is 1.61. The van der Waals surface area contributed by atoms with Gasteiger partial charge < -0.3 is 14.8 Å². The molecule has 122 valence electrons. The molecule has 0 aliphatic carbocycles. The maximum Gasteiger partial charge on any atom is 0.261 e. The SMILES string of the molecule is CC[C@H](Oc1ccc(OC)cc1)C(=O)NCc1ccc(C)cc1. The maximum atomic E-state index is 12.3. The van der Waals surface area contributed by atoms with Gasteiger partial charge in [-0.25, -0.2) is 0 Å². The first kappa shape index (κ1) is 16.9. The molecule has 23 heavy (non-hydrogen) atoms. The lowest BCUT2D eigenvalue weighted by atomic mass is 10.1. The van der Waals surface area contributed by atoms with Crippen molar-refractivity contribution in [1.82, 2.24) is 5.32 Å². The minimum absolute atomic E-state index is 0.108. The van der Waals surface area contributed by atoms with E-state index in [4.69, 9.17) is 9.47 Å². The van der Waals surface area contributed by atoms with E-state index >= 15 is 0 Å². The Bertz CT molecular complexity index is 620. The monoisotopic (exact) mass is 313 g/mol. The van der Waals surface area contributed by atoms with Crippen molar-refractivity contribution < 1.29 is 14.3 Å². The summed E-state index contributed by atoms with van der Waals surface area (Å²) >= 11 is 0. The third-order valence-electron chi connectivity index (χ3n) is 3.59. The van der Waals surface area contributed by atoms with E-state index in [-0.39, 0.29) is 5.91 Å². The molecular formula is C19H23NO3. The molecule has 0 fully saturated rings. The normalized spacial score (nSPS) is 11.6. The Balaban J connectivity index is 1.90. The molecule has 0 aliphatic rings. The summed E-state index contributed by atoms with van der Waals surface area (Å²) in [4.78, 5) is 12.3. The Morgan fingerprint density at radius 3 is 2.22 bits per heavy atom. The van der Waals surface area contributed by atoms with Crippen LogP contribution in [0.1, 0.15) is 24.5 Å². The molecule has 2 aromatic rings. The third kappa shape index (κ3) is 5.02. The van der Waals surface area contributed by atoms with Gasteiger partial charge in [-0.3, -0.25) is 4.79 Å². The second-order valence-electron chi connectivity index (χ2n) is 5.39. The molecule has 2 aromatic carbocycles. The first-order chi connectivity index (χ1) is 11.1. The highest BCUT2D eigenvalue weighted by molar-refractivity contribution is 5.81. The first-order valence-corrected chi connectivity index (χ1v) is 7.76. The summed E-state index contributed by atoms with van der Waals surface area (Å²) in [5.74, 6) is 1.31. The molecule has 0 aromatic heterocycles. The molecule has 0 bridgehead atoms. The quantitative estimate of drug-likeness (QED) is 0.851. The number of nitrogens with one attached hydrogen (secondary N) is 1. The molecule has 0 saturated carbocycles. The lowest BCUT2D eigenvalue weighted by Crippen LogP contribution is -2.37. The highest BCUT2D eigenvalue weighted by Crippen LogP contribution is 2.19. The molecule has 0 unspecified atom stereocenters. The van der Waals surface area contributed by atoms with Gasteiger partial charge in [-0.15, -0.1) is 0 Å². The largest absolute Gasteiger partial charge is 0.497 e. The van der Waals surface area contributed by atoms with E-state index in [1.807, 2.05) is 50.2 Å². The number of hydrogen-bond donors (Lipinski definition) is 1. The summed E-state index contributed by atoms with van der Waals surface area (Å²) in [6, 6.07) is 15.3. The minimum Gasteiger partial charge on any atom is -0.497 e. The number of benzene rings is 2. The van der Waals surface area contributed by atoms with Crippen LogP contribution in [-0.4, -0.2) is 19.1 Å². The van der Waals surface area contributed by atoms with Crippen LogP contribution in [0.15, 0.2) is 48.5 Å². The molecule has 1 N–H and O–H groups in total. The summed E-state index contributed by atoms with van der Waals surface area (Å²) in [6.07, 6.45) is 0.0972. The summed E-state index contributed by atoms with van der Waals surface area (Å²) in [5, 5.41) is 2.92. The molecule has 4 heteroatoms. The topological polar surface area (TPSA) is 47.6 Å². The average Bonchev–Trinajstić information content (AvgIpc) is 2.59. The van der Waals surface area contributed by atoms with Gasteiger partial charge in [0.2, 0.25) is 0 Å². The van der Waals surface area contributed by atoms with Gasteiger partial charge in [-0.1, -0.05) is 36.8 Å². The number of amides is 1. The molecule has 0 saturated heterocycles. The van der Waals surface area contributed by atoms with Crippen LogP contribution >= 0.6 is 0 Å². The van der Waals surface area contributed by atoms with Crippen LogP contribution in [0.4, 0.5) is 0 Å². The van der Waals surface area contributed by atoms with Gasteiger partial charge >= 0.3 is 0 Å². The number of rotatable bonds is 7. The highest BCUT2D eigenvalue weighted by Gasteiger charge is 2.18. The Hall–Kier alpha value is -2.49. The van der Waals surface area contributed by atoms with E-state index in [2.05, 4.69) is 5.32 Å². The number of hydrogen-bond acceptors (Lipinski definition) is 3. The zero-order valence-corrected chi connectivity index (χ0v) is 13.8. The van der Waals surface area contributed by atoms with Crippen molar-refractivity contribution in [2.24, 2.45) is 0 Å². The predicted molar refractivity (Wildman–Crippen MR) is 90.7 cm³/mol. The molecule has 2 rings (SSSR count). The van der Waals surface area contributed by atoms with E-state index in [1.54, 1.807) is 19.2 Å². The van der Waals surface area contributed by atoms with Gasteiger partial charge in [-0.05, 0) is 43.2 Å². The van der Waals surface area contributed by atoms with Gasteiger partial charge in [0.15, 0.2) is 6.10 Å². The molecule has 0 spiro atoms. The number of methoxy groups -OCH3 is 1. The van der Waals surface area contributed by atoms with Crippen LogP contribution < -0.4 is 14.8 Å². The zero-order valence-electron chi connectivity index (χ0n) is 13.8. The number of aryl methyl sites for hydroxylation is 1. The van der Waals surface area contributed by atoms with Crippen LogP contribution in [0.5, 0.6) is 11.5 Å². The number of carbonyl (C=O) groups excluding carboxylic acids is 1. The van der Waals surface area contributed by atoms with Crippen LogP contribution in [-0.2, 0) is 11.3 Å². The summed E-state index contributed by atoms with van der Waals surface area (Å²) < 4.78 is 10.9. The van der Waals surface area contributed by atoms with E-state index in [1.165, 1.54) is 5.56 Å². The van der Waals surface area contributed by atoms with Gasteiger partial charge in [0.1, 0.15) is 11.5 Å². The zero-order chi connectivity index (χ0) is 16.7. The Kier molecular flexibility index (Phi) is 6.03. The van der Waals surface area contributed by atoms with Gasteiger partial charge in [0, 0.05) is 6.54 Å². The molecule has 0 aliphatic heterocycles. The summed E-state index contributed by atoms with van der Waals surface area (Å²) in [5.41, 5.74) is 2.28. The predicted octanol–water partition coefficient (Wildman–Crippen LogP) is 3.48. The molecule has 0 heterocycles. The highest BCUT2D eigenvalue weighted by atomic mass is 16.5. The second-order valence-corrected chi connectivity index (χ2v) is 5.39. The average molecular weight is 313 g/mol. The fraction of sp³-hybridized carbons (Fsp3) is 0.316. The Labute approximate surface area is 137 Å². The van der Waals surface area contributed by atoms with Crippen molar-refractivity contribution in [2.45, 2.75) is 32.9 Å². The van der Waals surface area contributed by atoms with Gasteiger partial charge in [0.05, 0.1) is 7.11 Å². The Morgan fingerprint density at radius 1 is 1.04 bits per heavy atom. The standard InChI is InChI=1S/C19H23NO3/c1-4-18(23-17-11-9-16(22-3)10-12-17)19(21)20-13-15-7-5-14(2)6-8-15/h5-12,18H,4,13H2,1-3H3,(H,20,21)/t18-/m0/s1. The molecular weight excluding hydrogens is 290 g/mol. The third-order valence-corrected chi connectivity index (χ3v) is 3.59. The molecule has 1 atom stereocenters. The molecule has 4 nitrogen and oxygen atoms in total. The van der Waals surface area contributed by atoms with Crippen LogP contribution in [0.3, 0.4) is 0 Å². The van der Waals surface area contributed by atoms with Crippen LogP contribution in [0.25, 0.3) is 0 Å². The maximum absolute atomic E-state index is 12.3. The second kappa shape index (κ2) is 8.22. The van der Waals surface area contributed by atoms with E-state index in [0.29, 0.717) is 18.7 Å². The minimum atomic E-state index is -0.506. The van der Waals surface area contributed by atoms with Gasteiger partial charge in [-0.2, -0.15) is 0 Å². The van der Waals surface area contributed by atoms with E-state index in [0.717, 1.165) is 11.3 Å². The van der Waals surface area contributed by atoms with Crippen molar-refractivity contribution in [3.8, 4) is 11.5 Å². The van der Waals surface area contributed by atoms with Crippen molar-refractivity contribution in [1.29, 1.82) is 0 Å². The summed E-state index contributed by atoms with van der Waals surface area (Å²) in [6.45, 7) is 4.47. The lowest BCUT2D eigenvalue weighted by molar-refractivity contribution is -0.128. The first-order valence-electron chi connectivity index (χ1n) is 7.76. The van der Waals surface area contributed by atoms with Gasteiger partial charge in [0.25, 0.3) is 5.91 Å². The van der Waals surface area contributed by atoms with Crippen LogP contribution in [0, 0.1) is 6.92 Å². The van der Waals surface area contributed by atoms with E-state index < -0.39 is 6.10 Å².